The zero-order valence-electron chi connectivity index (χ0n) is 17.7. The molecule has 214 valence electrons. The van der Waals surface area contributed by atoms with Gasteiger partial charge in [0.1, 0.15) is 0 Å². The second-order valence-electron chi connectivity index (χ2n) is 7.43. The van der Waals surface area contributed by atoms with Gasteiger partial charge < -0.3 is 0 Å². The molecule has 1 aromatic rings. The van der Waals surface area contributed by atoms with Crippen molar-refractivity contribution in [3.8, 4) is 0 Å². The molecule has 1 aliphatic heterocycles. The molecule has 0 bridgehead atoms. The molecule has 2 heterocycles. The van der Waals surface area contributed by atoms with E-state index in [2.05, 4.69) is 243 Å². The van der Waals surface area contributed by atoms with Gasteiger partial charge in [0.2, 0.25) is 0 Å². The molecule has 0 fully saturated rings. The van der Waals surface area contributed by atoms with E-state index < -0.39 is 63.3 Å². The molecule has 0 spiro atoms. The second-order valence-corrected chi connectivity index (χ2v) is 238. The Labute approximate surface area is 349 Å². The van der Waals surface area contributed by atoms with Gasteiger partial charge in [0.25, 0.3) is 0 Å². The van der Waals surface area contributed by atoms with Crippen LogP contribution in [0.15, 0.2) is 0 Å². The van der Waals surface area contributed by atoms with Crippen molar-refractivity contribution in [1.82, 2.24) is 9.58 Å². The predicted octanol–water partition coefficient (Wildman–Crippen LogP) is 10.3. The van der Waals surface area contributed by atoms with Gasteiger partial charge in [-0.2, -0.15) is 0 Å². The van der Waals surface area contributed by atoms with E-state index in [1.165, 1.54) is 5.69 Å². The number of aromatic nitrogens is 1. The number of anilines is 1. The normalized spacial score (nSPS) is 26.1. The molecule has 2 unspecified atom stereocenters. The molecule has 3 nitrogen and oxygen atoms in total. The fourth-order valence-electron chi connectivity index (χ4n) is 3.44. The summed E-state index contributed by atoms with van der Waals surface area (Å²) in [7, 11) is 0.405. The van der Waals surface area contributed by atoms with Gasteiger partial charge in [-0.05, 0) is 0 Å². The molecule has 2 rings (SSSR count). The van der Waals surface area contributed by atoms with E-state index in [-0.39, 0.29) is 18.8 Å². The Hall–Kier alpha value is 12.2. The first-order valence-electron chi connectivity index (χ1n) is 8.32. The second kappa shape index (κ2) is 18.4. The number of hydrazine groups is 1. The monoisotopic (exact) mass is 2500 g/mol. The van der Waals surface area contributed by atoms with Gasteiger partial charge in [0.15, 0.2) is 0 Å². The summed E-state index contributed by atoms with van der Waals surface area (Å²) in [6.07, 6.45) is 0. The SMILES string of the molecule is Cc1c2c(c(C)n1C)C(I(I)I(I)I)(I(I)I(I)[I-]I)C(I(I)I)(I(I)[I-]I)N(C(C)(C)C)N2. The van der Waals surface area contributed by atoms with Crippen LogP contribution in [0.25, 0.3) is 0 Å². The van der Waals surface area contributed by atoms with Gasteiger partial charge >= 0.3 is 364 Å². The molecule has 0 aliphatic carbocycles. The van der Waals surface area contributed by atoms with Crippen LogP contribution < -0.4 is 31.9 Å². The number of hydrogen-bond acceptors (Lipinski definition) is 2. The van der Waals surface area contributed by atoms with E-state index in [0.29, 0.717) is 16.2 Å². The van der Waals surface area contributed by atoms with Crippen LogP contribution in [0.5, 0.6) is 0 Å². The van der Waals surface area contributed by atoms with Crippen molar-refractivity contribution in [3.63, 3.8) is 0 Å². The zero-order chi connectivity index (χ0) is 26.5. The van der Waals surface area contributed by atoms with Crippen molar-refractivity contribution in [2.24, 2.45) is 7.05 Å². The number of halogens is 18. The summed E-state index contributed by atoms with van der Waals surface area (Å²) in [5.74, 6) is 0. The molecule has 34 heavy (non-hydrogen) atoms. The predicted molar refractivity (Wildman–Crippen MR) is 289 cm³/mol. The van der Waals surface area contributed by atoms with Crippen molar-refractivity contribution < 1.29 is 26.5 Å². The molecule has 0 radical (unpaired) electrons. The van der Waals surface area contributed by atoms with Crippen molar-refractivity contribution in [1.29, 1.82) is 0 Å². The summed E-state index contributed by atoms with van der Waals surface area (Å²) in [6.45, 7) is 12.4. The molecule has 2 atom stereocenters. The van der Waals surface area contributed by atoms with E-state index in [1.807, 2.05) is 5.56 Å². The standard InChI is InChI=1S/C13H19I18N3/c1-7-9-10(8(2)33(7)6)32-34(11(3,4)5)13(26(16)17,27(18)24-14)12(9,28(19)30(21)22)29(20)31(23)25-15/h32H,1-6H3/q-2. The quantitative estimate of drug-likeness (QED) is 0.159. The molecule has 0 saturated carbocycles. The molecular formula is C13H19I18N3-2. The molecule has 1 aromatic heterocycles. The van der Waals surface area contributed by atoms with Gasteiger partial charge in [-0.1, -0.05) is 0 Å². The molecular weight excluding hydrogens is 2480 g/mol. The Morgan fingerprint density at radius 2 is 1.38 bits per heavy atom. The third-order valence-electron chi connectivity index (χ3n) is 4.90. The van der Waals surface area contributed by atoms with Gasteiger partial charge in [0.05, 0.1) is 0 Å². The number of rotatable bonds is 8. The molecule has 21 heteroatoms. The molecule has 0 saturated heterocycles. The van der Waals surface area contributed by atoms with E-state index in [9.17, 15) is 0 Å². The molecule has 0 aromatic carbocycles. The van der Waals surface area contributed by atoms with Crippen LogP contribution in [0.2, 0.25) is 0 Å². The zero-order valence-corrected chi connectivity index (χ0v) is 56.5. The van der Waals surface area contributed by atoms with Gasteiger partial charge in [-0.3, -0.25) is 0 Å². The van der Waals surface area contributed by atoms with Crippen LogP contribution in [0.3, 0.4) is 0 Å². The van der Waals surface area contributed by atoms with E-state index >= 15 is 0 Å². The van der Waals surface area contributed by atoms with Crippen molar-refractivity contribution in [2.75, 3.05) is 5.43 Å². The number of hydrogen-bond donors (Lipinski definition) is 1. The third kappa shape index (κ3) is 8.37. The topological polar surface area (TPSA) is 20.2 Å². The Balaban J connectivity index is 3.34. The summed E-state index contributed by atoms with van der Waals surface area (Å²) < 4.78 is 3.61. The van der Waals surface area contributed by atoms with Gasteiger partial charge in [-0.15, -0.1) is 0 Å². The van der Waals surface area contributed by atoms with E-state index in [4.69, 9.17) is 0 Å². The summed E-state index contributed by atoms with van der Waals surface area (Å²) in [6, 6.07) is 0. The first-order chi connectivity index (χ1) is 15.5. The summed E-state index contributed by atoms with van der Waals surface area (Å²) in [5.41, 5.74) is 10.9. The van der Waals surface area contributed by atoms with Crippen LogP contribution >= 0.6 is 249 Å². The average Bonchev–Trinajstić information content (AvgIpc) is 2.98. The number of fused-ring (bicyclic) bond motifs is 1. The number of nitrogens with one attached hydrogen (secondary N) is 1. The fraction of sp³-hybridized carbons (Fsp3) is 0.692. The van der Waals surface area contributed by atoms with Crippen LogP contribution in [0, 0.1) is 13.8 Å². The third-order valence-corrected chi connectivity index (χ3v) is 433. The van der Waals surface area contributed by atoms with Crippen LogP contribution in [0.1, 0.15) is 37.7 Å². The van der Waals surface area contributed by atoms with Crippen molar-refractivity contribution in [3.05, 3.63) is 17.0 Å². The Morgan fingerprint density at radius 1 is 0.853 bits per heavy atom. The van der Waals surface area contributed by atoms with Gasteiger partial charge in [0, 0.05) is 0 Å². The Kier molecular flexibility index (Phi) is 23.0. The van der Waals surface area contributed by atoms with E-state index in [1.54, 1.807) is 11.4 Å². The first-order valence-corrected chi connectivity index (χ1v) is 101. The van der Waals surface area contributed by atoms with Gasteiger partial charge in [-0.25, -0.2) is 0 Å². The minimum atomic E-state index is -1.37. The Morgan fingerprint density at radius 3 is 1.76 bits per heavy atom. The van der Waals surface area contributed by atoms with Crippen molar-refractivity contribution >= 4 is 255 Å². The van der Waals surface area contributed by atoms with Crippen molar-refractivity contribution in [2.45, 2.75) is 43.1 Å². The minimum absolute atomic E-state index is 0.127. The number of nitrogens with zero attached hydrogens (tertiary/aromatic N) is 2. The molecule has 1 aliphatic rings. The average molecular weight is 2500 g/mol. The maximum absolute atomic E-state index is 4.28. The van der Waals surface area contributed by atoms with Crippen LogP contribution in [-0.4, -0.2) is 16.7 Å². The van der Waals surface area contributed by atoms with Crippen LogP contribution in [0.4, 0.5) is 5.69 Å². The fourth-order valence-corrected chi connectivity index (χ4v) is 524. The van der Waals surface area contributed by atoms with E-state index in [0.717, 1.165) is 0 Å². The van der Waals surface area contributed by atoms with Crippen LogP contribution in [-0.2, 0) is 8.48 Å². The summed E-state index contributed by atoms with van der Waals surface area (Å²) in [4.78, 5) is 0. The first kappa shape index (κ1) is 42.3. The molecule has 0 amide bonds. The summed E-state index contributed by atoms with van der Waals surface area (Å²) >= 11 is 26.1. The summed E-state index contributed by atoms with van der Waals surface area (Å²) in [5, 5.41) is 3.01. The number of alkyl halides is 4. The molecule has 1 N–H and O–H groups in total. The maximum atomic E-state index is 4.28. The Bertz CT molecular complexity index is 872.